The van der Waals surface area contributed by atoms with E-state index in [2.05, 4.69) is 13.8 Å². The van der Waals surface area contributed by atoms with Gasteiger partial charge in [0, 0.05) is 0 Å². The van der Waals surface area contributed by atoms with Gasteiger partial charge in [-0.25, -0.2) is 11.3 Å². The molecule has 0 N–H and O–H groups in total. The zero-order chi connectivity index (χ0) is 11.7. The molecule has 0 atom stereocenters. The van der Waals surface area contributed by atoms with Crippen LogP contribution in [-0.4, -0.2) is 23.1 Å². The molecule has 0 aromatic heterocycles. The van der Waals surface area contributed by atoms with Crippen molar-refractivity contribution in [1.29, 1.82) is 0 Å². The molecule has 0 spiro atoms. The van der Waals surface area contributed by atoms with Crippen molar-refractivity contribution in [3.63, 3.8) is 0 Å². The Labute approximate surface area is 124 Å². The fourth-order valence-corrected chi connectivity index (χ4v) is 1.46. The van der Waals surface area contributed by atoms with E-state index in [1.807, 2.05) is 27.3 Å². The van der Waals surface area contributed by atoms with E-state index in [0.717, 1.165) is 19.4 Å². The zero-order valence-corrected chi connectivity index (χ0v) is 15.3. The molecule has 96 valence electrons. The number of hydrogen-bond acceptors (Lipinski definition) is 2. The van der Waals surface area contributed by atoms with Gasteiger partial charge < -0.3 is 22.0 Å². The Kier molecular flexibility index (Phi) is 7.97. The van der Waals surface area contributed by atoms with E-state index >= 15 is 0 Å². The third-order valence-electron chi connectivity index (χ3n) is 2.52. The number of hydrogen-bond donors (Lipinski definition) is 0. The normalized spacial score (nSPS) is 18.8. The number of likely N-dealkylation sites (tertiary alicyclic amines) is 1. The van der Waals surface area contributed by atoms with Gasteiger partial charge in [0.15, 0.2) is 0 Å². The molecule has 0 radical (unpaired) electrons. The molecule has 0 unspecified atom stereocenters. The van der Waals surface area contributed by atoms with Crippen LogP contribution in [0.25, 0.3) is 0 Å². The van der Waals surface area contributed by atoms with Crippen molar-refractivity contribution >= 4 is 6.09 Å². The van der Waals surface area contributed by atoms with E-state index in [9.17, 15) is 4.79 Å². The number of halogens is 1. The Morgan fingerprint density at radius 2 is 1.88 bits per heavy atom. The molecule has 0 bridgehead atoms. The molecular weight excluding hydrogens is 291 g/mol. The Morgan fingerprint density at radius 1 is 1.35 bits per heavy atom. The molecule has 1 aliphatic heterocycles. The maximum absolute atomic E-state index is 11.7. The Hall–Kier alpha value is 0.183. The van der Waals surface area contributed by atoms with E-state index in [1.54, 1.807) is 4.90 Å². The van der Waals surface area contributed by atoms with Crippen LogP contribution in [0.4, 0.5) is 4.79 Å². The summed E-state index contributed by atoms with van der Waals surface area (Å²) in [7, 11) is 0. The maximum atomic E-state index is 11.7. The van der Waals surface area contributed by atoms with Gasteiger partial charge in [-0.1, -0.05) is 19.3 Å². The van der Waals surface area contributed by atoms with Gasteiger partial charge in [-0.15, -0.1) is 0 Å². The van der Waals surface area contributed by atoms with Gasteiger partial charge in [0.25, 0.3) is 0 Å². The predicted octanol–water partition coefficient (Wildman–Crippen LogP) is 0.207. The first kappa shape index (κ1) is 19.5. The molecule has 0 saturated carbocycles. The largest absolute Gasteiger partial charge is 2.00 e. The summed E-state index contributed by atoms with van der Waals surface area (Å²) < 4.78 is 5.30. The summed E-state index contributed by atoms with van der Waals surface area (Å²) in [6.07, 6.45) is 1.74. The number of nitrogens with zero attached hydrogens (tertiary/aromatic N) is 1. The maximum Gasteiger partial charge on any atom is 2.00 e. The van der Waals surface area contributed by atoms with Gasteiger partial charge in [0.1, 0.15) is 5.60 Å². The molecular formula is C12H22ClNO2Zn. The summed E-state index contributed by atoms with van der Waals surface area (Å²) in [5, 5.41) is 0. The molecule has 5 heteroatoms. The monoisotopic (exact) mass is 311 g/mol. The van der Waals surface area contributed by atoms with E-state index in [0.29, 0.717) is 5.41 Å². The average Bonchev–Trinajstić information content (AvgIpc) is 2.00. The number of piperidine rings is 1. The minimum absolute atomic E-state index is 0. The van der Waals surface area contributed by atoms with E-state index in [-0.39, 0.29) is 38.0 Å². The number of rotatable bonds is 0. The smallest absolute Gasteiger partial charge is 1.00 e. The molecule has 1 saturated heterocycles. The SMILES string of the molecule is CC1(C)C[CH-]N(C(=O)OC(C)(C)C)CC1.[Cl-].[Zn+2]. The molecule has 0 aromatic rings. The van der Waals surface area contributed by atoms with E-state index in [4.69, 9.17) is 4.74 Å². The number of carbonyl (C=O) groups excluding carboxylic acids is 1. The van der Waals surface area contributed by atoms with Crippen molar-refractivity contribution < 1.29 is 41.4 Å². The second-order valence-corrected chi connectivity index (χ2v) is 5.97. The summed E-state index contributed by atoms with van der Waals surface area (Å²) >= 11 is 0. The second kappa shape index (κ2) is 6.94. The molecule has 1 heterocycles. The van der Waals surface area contributed by atoms with Crippen LogP contribution in [0, 0.1) is 12.0 Å². The first-order valence-electron chi connectivity index (χ1n) is 5.53. The fraction of sp³-hybridized carbons (Fsp3) is 0.833. The summed E-state index contributed by atoms with van der Waals surface area (Å²) in [6.45, 7) is 12.8. The molecule has 1 rings (SSSR count). The summed E-state index contributed by atoms with van der Waals surface area (Å²) in [4.78, 5) is 13.4. The van der Waals surface area contributed by atoms with Gasteiger partial charge in [-0.3, -0.25) is 0 Å². The van der Waals surface area contributed by atoms with Crippen molar-refractivity contribution in [3.05, 3.63) is 6.54 Å². The Morgan fingerprint density at radius 3 is 2.24 bits per heavy atom. The zero-order valence-electron chi connectivity index (χ0n) is 11.5. The molecule has 0 aliphatic carbocycles. The van der Waals surface area contributed by atoms with Gasteiger partial charge in [-0.2, -0.15) is 6.42 Å². The number of ether oxygens (including phenoxy) is 1. The predicted molar refractivity (Wildman–Crippen MR) is 60.3 cm³/mol. The quantitative estimate of drug-likeness (QED) is 0.473. The standard InChI is InChI=1S/C12H22NO2.ClH.Zn/c1-11(2,3)15-10(14)13-8-6-12(4,5)7-9-13;;/h8H,6-7,9H2,1-5H3;1H;/q-1;;+2/p-1. The van der Waals surface area contributed by atoms with Crippen molar-refractivity contribution in [2.24, 2.45) is 5.41 Å². The first-order chi connectivity index (χ1) is 6.70. The summed E-state index contributed by atoms with van der Waals surface area (Å²) in [5.74, 6) is 0. The topological polar surface area (TPSA) is 29.5 Å². The van der Waals surface area contributed by atoms with Crippen LogP contribution in [0.2, 0.25) is 0 Å². The van der Waals surface area contributed by atoms with Crippen LogP contribution < -0.4 is 12.4 Å². The van der Waals surface area contributed by atoms with E-state index in [1.165, 1.54) is 0 Å². The van der Waals surface area contributed by atoms with Crippen LogP contribution in [0.1, 0.15) is 47.5 Å². The molecule has 3 nitrogen and oxygen atoms in total. The van der Waals surface area contributed by atoms with E-state index < -0.39 is 5.60 Å². The Balaban J connectivity index is 0. The fourth-order valence-electron chi connectivity index (χ4n) is 1.46. The minimum Gasteiger partial charge on any atom is -1.00 e. The van der Waals surface area contributed by atoms with Gasteiger partial charge >= 0.3 is 25.6 Å². The molecule has 1 fully saturated rings. The average molecular weight is 313 g/mol. The van der Waals surface area contributed by atoms with Crippen LogP contribution in [0.5, 0.6) is 0 Å². The van der Waals surface area contributed by atoms with Gasteiger partial charge in [0.05, 0.1) is 0 Å². The van der Waals surface area contributed by atoms with Crippen LogP contribution in [0.3, 0.4) is 0 Å². The summed E-state index contributed by atoms with van der Waals surface area (Å²) in [5.41, 5.74) is -0.0869. The molecule has 1 amide bonds. The summed E-state index contributed by atoms with van der Waals surface area (Å²) in [6, 6.07) is 0. The molecule has 1 aliphatic rings. The third-order valence-corrected chi connectivity index (χ3v) is 2.52. The van der Waals surface area contributed by atoms with Crippen LogP contribution in [0.15, 0.2) is 0 Å². The minimum atomic E-state index is -0.405. The molecule has 0 aromatic carbocycles. The van der Waals surface area contributed by atoms with Crippen LogP contribution >= 0.6 is 0 Å². The Bertz CT molecular complexity index is 241. The third kappa shape index (κ3) is 7.26. The van der Waals surface area contributed by atoms with Crippen molar-refractivity contribution in [2.75, 3.05) is 6.54 Å². The second-order valence-electron chi connectivity index (χ2n) is 5.97. The number of carbonyl (C=O) groups is 1. The number of amides is 1. The van der Waals surface area contributed by atoms with Crippen LogP contribution in [-0.2, 0) is 24.2 Å². The van der Waals surface area contributed by atoms with Gasteiger partial charge in [0.2, 0.25) is 0 Å². The molecule has 17 heavy (non-hydrogen) atoms. The first-order valence-corrected chi connectivity index (χ1v) is 5.53. The van der Waals surface area contributed by atoms with Crippen molar-refractivity contribution in [1.82, 2.24) is 4.90 Å². The van der Waals surface area contributed by atoms with Gasteiger partial charge in [-0.05, 0) is 33.7 Å². The van der Waals surface area contributed by atoms with Crippen molar-refractivity contribution in [3.8, 4) is 0 Å². The van der Waals surface area contributed by atoms with Crippen molar-refractivity contribution in [2.45, 2.75) is 53.1 Å².